The van der Waals surface area contributed by atoms with Gasteiger partial charge in [0.15, 0.2) is 5.78 Å². The molecule has 5 rings (SSSR count). The van der Waals surface area contributed by atoms with Crippen molar-refractivity contribution in [2.45, 2.75) is 55.8 Å². The lowest BCUT2D eigenvalue weighted by Gasteiger charge is -2.47. The van der Waals surface area contributed by atoms with E-state index in [2.05, 4.69) is 0 Å². The molecule has 1 amide bonds. The molecule has 2 fully saturated rings. The lowest BCUT2D eigenvalue weighted by molar-refractivity contribution is -0.228. The van der Waals surface area contributed by atoms with Gasteiger partial charge in [-0.15, -0.1) is 0 Å². The smallest absolute Gasteiger partial charge is 0.335 e. The maximum absolute atomic E-state index is 13.4. The number of aromatic carboxylic acids is 1. The van der Waals surface area contributed by atoms with Crippen molar-refractivity contribution in [1.82, 2.24) is 0 Å². The maximum atomic E-state index is 13.4. The summed E-state index contributed by atoms with van der Waals surface area (Å²) in [5, 5.41) is 49.3. The SMILES string of the molecule is O=C(O)c1ccc(N2C(=O)[C@H](CCC(=O)c3ccc(F)cc3)[C@H]2c2ccc(C[C@@H]3O[C@H](CO)[C@@H](O)[C@H](O)[C@H]3O)cc2)cc1. The largest absolute Gasteiger partial charge is 0.478 e. The molecule has 2 saturated heterocycles. The Morgan fingerprint density at radius 3 is 2.02 bits per heavy atom. The van der Waals surface area contributed by atoms with Gasteiger partial charge in [0.05, 0.1) is 30.2 Å². The van der Waals surface area contributed by atoms with Gasteiger partial charge in [0.25, 0.3) is 0 Å². The highest BCUT2D eigenvalue weighted by molar-refractivity contribution is 6.04. The van der Waals surface area contributed by atoms with Crippen LogP contribution in [-0.4, -0.2) is 80.3 Å². The number of carboxylic acids is 1. The monoisotopic (exact) mass is 593 g/mol. The van der Waals surface area contributed by atoms with E-state index in [1.54, 1.807) is 29.2 Å². The number of carbonyl (C=O) groups excluding carboxylic acids is 2. The number of halogens is 1. The van der Waals surface area contributed by atoms with Crippen LogP contribution < -0.4 is 4.90 Å². The Morgan fingerprint density at radius 2 is 1.42 bits per heavy atom. The minimum Gasteiger partial charge on any atom is -0.478 e. The second-order valence-electron chi connectivity index (χ2n) is 10.9. The van der Waals surface area contributed by atoms with Crippen LogP contribution in [-0.2, 0) is 16.0 Å². The number of ketones is 1. The van der Waals surface area contributed by atoms with Gasteiger partial charge in [0, 0.05) is 24.1 Å². The number of ether oxygens (including phenoxy) is 1. The summed E-state index contributed by atoms with van der Waals surface area (Å²) in [7, 11) is 0. The van der Waals surface area contributed by atoms with Crippen LogP contribution in [0.5, 0.6) is 0 Å². The van der Waals surface area contributed by atoms with Crippen LogP contribution in [0.3, 0.4) is 0 Å². The minimum absolute atomic E-state index is 0.0690. The number of aliphatic hydroxyl groups excluding tert-OH is 4. The van der Waals surface area contributed by atoms with E-state index in [-0.39, 0.29) is 36.5 Å². The average Bonchev–Trinajstić information content (AvgIpc) is 3.01. The van der Waals surface area contributed by atoms with Gasteiger partial charge in [-0.3, -0.25) is 9.59 Å². The van der Waals surface area contributed by atoms with Gasteiger partial charge in [0.2, 0.25) is 5.91 Å². The van der Waals surface area contributed by atoms with Crippen molar-refractivity contribution < 1.29 is 49.0 Å². The molecule has 3 aromatic rings. The molecule has 0 aliphatic carbocycles. The number of anilines is 1. The molecule has 5 N–H and O–H groups in total. The number of Topliss-reactive ketones (excluding diaryl/α,β-unsaturated/α-hetero) is 1. The van der Waals surface area contributed by atoms with Crippen LogP contribution in [0.25, 0.3) is 0 Å². The zero-order valence-corrected chi connectivity index (χ0v) is 23.0. The number of aliphatic hydroxyl groups is 4. The quantitative estimate of drug-likeness (QED) is 0.175. The Labute approximate surface area is 246 Å². The van der Waals surface area contributed by atoms with Crippen molar-refractivity contribution in [3.63, 3.8) is 0 Å². The molecule has 0 aromatic heterocycles. The first kappa shape index (κ1) is 30.5. The molecule has 0 saturated carbocycles. The second kappa shape index (κ2) is 12.7. The summed E-state index contributed by atoms with van der Waals surface area (Å²) in [4.78, 5) is 39.0. The Bertz CT molecular complexity index is 1460. The summed E-state index contributed by atoms with van der Waals surface area (Å²) in [5.74, 6) is -2.52. The van der Waals surface area contributed by atoms with Crippen molar-refractivity contribution in [2.75, 3.05) is 11.5 Å². The summed E-state index contributed by atoms with van der Waals surface area (Å²) >= 11 is 0. The van der Waals surface area contributed by atoms with E-state index in [0.29, 0.717) is 11.3 Å². The number of amides is 1. The summed E-state index contributed by atoms with van der Waals surface area (Å²) in [6, 6.07) is 17.9. The van der Waals surface area contributed by atoms with Crippen molar-refractivity contribution in [2.24, 2.45) is 5.92 Å². The molecule has 0 spiro atoms. The van der Waals surface area contributed by atoms with Crippen molar-refractivity contribution in [1.29, 1.82) is 0 Å². The first-order valence-corrected chi connectivity index (χ1v) is 13.9. The highest BCUT2D eigenvalue weighted by atomic mass is 19.1. The number of carboxylic acid groups (broad SMARTS) is 1. The minimum atomic E-state index is -1.48. The topological polar surface area (TPSA) is 165 Å². The highest BCUT2D eigenvalue weighted by Crippen LogP contribution is 2.46. The molecule has 3 aromatic carbocycles. The molecular formula is C32H32FNO9. The Balaban J connectivity index is 1.35. The average molecular weight is 594 g/mol. The van der Waals surface area contributed by atoms with E-state index in [1.807, 2.05) is 12.1 Å². The van der Waals surface area contributed by atoms with Gasteiger partial charge in [-0.1, -0.05) is 24.3 Å². The van der Waals surface area contributed by atoms with Crippen LogP contribution >= 0.6 is 0 Å². The molecule has 43 heavy (non-hydrogen) atoms. The molecule has 2 aliphatic rings. The van der Waals surface area contributed by atoms with Gasteiger partial charge in [-0.2, -0.15) is 0 Å². The number of rotatable bonds is 10. The van der Waals surface area contributed by atoms with Crippen molar-refractivity contribution in [3.8, 4) is 0 Å². The molecule has 0 bridgehead atoms. The lowest BCUT2D eigenvalue weighted by Crippen LogP contribution is -2.59. The summed E-state index contributed by atoms with van der Waals surface area (Å²) < 4.78 is 18.9. The van der Waals surface area contributed by atoms with Gasteiger partial charge in [-0.25, -0.2) is 9.18 Å². The van der Waals surface area contributed by atoms with Gasteiger partial charge in [-0.05, 0) is 66.1 Å². The molecule has 10 nitrogen and oxygen atoms in total. The lowest BCUT2D eigenvalue weighted by atomic mass is 9.78. The van der Waals surface area contributed by atoms with Crippen LogP contribution in [0.2, 0.25) is 0 Å². The number of benzene rings is 3. The van der Waals surface area contributed by atoms with E-state index < -0.39 is 60.9 Å². The highest BCUT2D eigenvalue weighted by Gasteiger charge is 2.48. The van der Waals surface area contributed by atoms with Gasteiger partial charge < -0.3 is 35.2 Å². The molecule has 11 heteroatoms. The zero-order valence-electron chi connectivity index (χ0n) is 23.0. The molecule has 2 heterocycles. The predicted octanol–water partition coefficient (Wildman–Crippen LogP) is 2.28. The Kier molecular flexibility index (Phi) is 9.00. The van der Waals surface area contributed by atoms with E-state index in [0.717, 1.165) is 11.1 Å². The normalized spacial score (nSPS) is 27.0. The van der Waals surface area contributed by atoms with Crippen LogP contribution in [0.15, 0.2) is 72.8 Å². The van der Waals surface area contributed by atoms with Gasteiger partial charge in [0.1, 0.15) is 30.2 Å². The van der Waals surface area contributed by atoms with Crippen LogP contribution in [0.1, 0.15) is 50.7 Å². The third kappa shape index (κ3) is 6.22. The molecule has 7 atom stereocenters. The molecule has 2 aliphatic heterocycles. The number of hydrogen-bond acceptors (Lipinski definition) is 8. The molecule has 226 valence electrons. The summed E-state index contributed by atoms with van der Waals surface area (Å²) in [5.41, 5.74) is 2.43. The van der Waals surface area contributed by atoms with E-state index in [4.69, 9.17) is 4.74 Å². The standard InChI is InChI=1S/C32H32FNO9/c33-21-9-5-18(6-10-21)24(36)14-13-23-27(34(31(23)40)22-11-7-20(8-12-22)32(41)42)19-3-1-17(2-4-19)15-25-28(37)30(39)29(38)26(16-35)43-25/h1-12,23,25-30,35,37-39H,13-16H2,(H,41,42)/t23-,25+,26-,27-,28+,29-,30-/m1/s1. The molecule has 0 radical (unpaired) electrons. The maximum Gasteiger partial charge on any atom is 0.335 e. The summed E-state index contributed by atoms with van der Waals surface area (Å²) in [6.45, 7) is -0.523. The predicted molar refractivity (Wildman–Crippen MR) is 151 cm³/mol. The van der Waals surface area contributed by atoms with E-state index >= 15 is 0 Å². The fourth-order valence-electron chi connectivity index (χ4n) is 5.76. The van der Waals surface area contributed by atoms with Crippen molar-refractivity contribution >= 4 is 23.3 Å². The van der Waals surface area contributed by atoms with E-state index in [9.17, 15) is 44.3 Å². The first-order valence-electron chi connectivity index (χ1n) is 13.9. The molecular weight excluding hydrogens is 561 g/mol. The van der Waals surface area contributed by atoms with Crippen LogP contribution in [0, 0.1) is 11.7 Å². The third-order valence-electron chi connectivity index (χ3n) is 8.20. The number of hydrogen-bond donors (Lipinski definition) is 5. The summed E-state index contributed by atoms with van der Waals surface area (Å²) in [6.07, 6.45) is -5.68. The van der Waals surface area contributed by atoms with E-state index in [1.165, 1.54) is 36.4 Å². The van der Waals surface area contributed by atoms with Gasteiger partial charge >= 0.3 is 5.97 Å². The number of β-lactam (4-membered cyclic amide) rings is 1. The van der Waals surface area contributed by atoms with Crippen LogP contribution in [0.4, 0.5) is 10.1 Å². The first-order chi connectivity index (χ1) is 20.6. The fraction of sp³-hybridized carbons (Fsp3) is 0.344. The Morgan fingerprint density at radius 1 is 0.814 bits per heavy atom. The number of nitrogens with zero attached hydrogens (tertiary/aromatic N) is 1. The second-order valence-corrected chi connectivity index (χ2v) is 10.9. The van der Waals surface area contributed by atoms with Crippen molar-refractivity contribution in [3.05, 3.63) is 101 Å². The zero-order chi connectivity index (χ0) is 30.8. The fourth-order valence-corrected chi connectivity index (χ4v) is 5.76. The third-order valence-corrected chi connectivity index (χ3v) is 8.20. The Hall–Kier alpha value is -4.00. The number of carbonyl (C=O) groups is 3. The molecule has 0 unspecified atom stereocenters.